The minimum absolute atomic E-state index is 0.204. The first-order chi connectivity index (χ1) is 7.15. The third-order valence-electron chi connectivity index (χ3n) is 3.47. The van der Waals surface area contributed by atoms with Gasteiger partial charge < -0.3 is 0 Å². The summed E-state index contributed by atoms with van der Waals surface area (Å²) in [4.78, 5) is 9.07. The quantitative estimate of drug-likeness (QED) is 0.720. The molecule has 0 amide bonds. The lowest BCUT2D eigenvalue weighted by Gasteiger charge is -2.22. The van der Waals surface area contributed by atoms with Crippen LogP contribution in [0.2, 0.25) is 0 Å². The highest BCUT2D eigenvalue weighted by molar-refractivity contribution is 6.17. The average Bonchev–Trinajstić information content (AvgIpc) is 2.66. The molecule has 0 bridgehead atoms. The van der Waals surface area contributed by atoms with E-state index in [0.29, 0.717) is 5.88 Å². The van der Waals surface area contributed by atoms with Crippen molar-refractivity contribution in [1.82, 2.24) is 9.97 Å². The molecule has 0 N–H and O–H groups in total. The lowest BCUT2D eigenvalue weighted by molar-refractivity contribution is 0.456. The molecule has 0 atom stereocenters. The van der Waals surface area contributed by atoms with Gasteiger partial charge in [-0.1, -0.05) is 19.8 Å². The van der Waals surface area contributed by atoms with Gasteiger partial charge in [0.25, 0.3) is 0 Å². The molecule has 1 saturated carbocycles. The Balaban J connectivity index is 2.33. The van der Waals surface area contributed by atoms with Gasteiger partial charge in [-0.25, -0.2) is 9.97 Å². The SMILES string of the molecule is Cc1nc(C2(C)CCCC2)ncc1CCl. The van der Waals surface area contributed by atoms with E-state index in [9.17, 15) is 0 Å². The van der Waals surface area contributed by atoms with Gasteiger partial charge >= 0.3 is 0 Å². The topological polar surface area (TPSA) is 25.8 Å². The van der Waals surface area contributed by atoms with Crippen molar-refractivity contribution in [2.75, 3.05) is 0 Å². The van der Waals surface area contributed by atoms with Crippen molar-refractivity contribution in [2.45, 2.75) is 50.8 Å². The Kier molecular flexibility index (Phi) is 2.96. The number of halogens is 1. The highest BCUT2D eigenvalue weighted by Gasteiger charge is 2.33. The summed E-state index contributed by atoms with van der Waals surface area (Å²) in [5.74, 6) is 1.51. The molecular weight excluding hydrogens is 208 g/mol. The maximum atomic E-state index is 5.80. The number of hydrogen-bond donors (Lipinski definition) is 0. The fourth-order valence-electron chi connectivity index (χ4n) is 2.29. The summed E-state index contributed by atoms with van der Waals surface area (Å²) in [6, 6.07) is 0. The highest BCUT2D eigenvalue weighted by Crippen LogP contribution is 2.38. The van der Waals surface area contributed by atoms with Crippen LogP contribution >= 0.6 is 11.6 Å². The molecule has 1 fully saturated rings. The van der Waals surface area contributed by atoms with Crippen LogP contribution < -0.4 is 0 Å². The predicted octanol–water partition coefficient (Wildman–Crippen LogP) is 3.36. The lowest BCUT2D eigenvalue weighted by Crippen LogP contribution is -2.21. The molecule has 0 aromatic carbocycles. The fraction of sp³-hybridized carbons (Fsp3) is 0.667. The van der Waals surface area contributed by atoms with Gasteiger partial charge in [-0.05, 0) is 19.8 Å². The first kappa shape index (κ1) is 10.9. The second-order valence-electron chi connectivity index (χ2n) is 4.71. The minimum Gasteiger partial charge on any atom is -0.240 e. The molecule has 1 aromatic heterocycles. The maximum absolute atomic E-state index is 5.80. The number of alkyl halides is 1. The molecule has 1 aliphatic carbocycles. The monoisotopic (exact) mass is 224 g/mol. The van der Waals surface area contributed by atoms with Crippen LogP contribution in [0.5, 0.6) is 0 Å². The van der Waals surface area contributed by atoms with Crippen molar-refractivity contribution >= 4 is 11.6 Å². The Morgan fingerprint density at radius 3 is 2.60 bits per heavy atom. The Morgan fingerprint density at radius 1 is 1.40 bits per heavy atom. The predicted molar refractivity (Wildman–Crippen MR) is 62.1 cm³/mol. The van der Waals surface area contributed by atoms with Gasteiger partial charge in [0, 0.05) is 22.9 Å². The Morgan fingerprint density at radius 2 is 2.07 bits per heavy atom. The standard InChI is InChI=1S/C12H17ClN2/c1-9-10(7-13)8-14-11(15-9)12(2)5-3-4-6-12/h8H,3-7H2,1-2H3. The van der Waals surface area contributed by atoms with E-state index in [-0.39, 0.29) is 5.41 Å². The average molecular weight is 225 g/mol. The summed E-state index contributed by atoms with van der Waals surface area (Å²) in [7, 11) is 0. The maximum Gasteiger partial charge on any atom is 0.134 e. The second-order valence-corrected chi connectivity index (χ2v) is 4.97. The zero-order valence-electron chi connectivity index (χ0n) is 9.39. The van der Waals surface area contributed by atoms with E-state index < -0.39 is 0 Å². The smallest absolute Gasteiger partial charge is 0.134 e. The lowest BCUT2D eigenvalue weighted by atomic mass is 9.88. The Labute approximate surface area is 96.1 Å². The Hall–Kier alpha value is -0.630. The molecule has 15 heavy (non-hydrogen) atoms. The summed E-state index contributed by atoms with van der Waals surface area (Å²) in [6.07, 6.45) is 6.92. The van der Waals surface area contributed by atoms with Crippen LogP contribution in [0.25, 0.3) is 0 Å². The van der Waals surface area contributed by atoms with E-state index >= 15 is 0 Å². The number of aryl methyl sites for hydroxylation is 1. The van der Waals surface area contributed by atoms with Crippen LogP contribution in [0.4, 0.5) is 0 Å². The highest BCUT2D eigenvalue weighted by atomic mass is 35.5. The number of hydrogen-bond acceptors (Lipinski definition) is 2. The summed E-state index contributed by atoms with van der Waals surface area (Å²) in [6.45, 7) is 4.29. The molecule has 0 spiro atoms. The molecule has 1 aliphatic rings. The van der Waals surface area contributed by atoms with Crippen molar-refractivity contribution in [2.24, 2.45) is 0 Å². The van der Waals surface area contributed by atoms with Gasteiger partial charge in [0.2, 0.25) is 0 Å². The summed E-state index contributed by atoms with van der Waals surface area (Å²) in [5, 5.41) is 0. The van der Waals surface area contributed by atoms with Crippen LogP contribution in [0.3, 0.4) is 0 Å². The minimum atomic E-state index is 0.204. The zero-order chi connectivity index (χ0) is 10.9. The number of nitrogens with zero attached hydrogens (tertiary/aromatic N) is 2. The molecule has 3 heteroatoms. The number of rotatable bonds is 2. The van der Waals surface area contributed by atoms with E-state index in [2.05, 4.69) is 16.9 Å². The summed E-state index contributed by atoms with van der Waals surface area (Å²) >= 11 is 5.80. The number of aromatic nitrogens is 2. The van der Waals surface area contributed by atoms with Gasteiger partial charge in [-0.3, -0.25) is 0 Å². The molecule has 0 aliphatic heterocycles. The molecule has 0 saturated heterocycles. The van der Waals surface area contributed by atoms with E-state index in [1.165, 1.54) is 25.7 Å². The molecule has 0 radical (unpaired) electrons. The van der Waals surface area contributed by atoms with Crippen LogP contribution in [0.15, 0.2) is 6.20 Å². The van der Waals surface area contributed by atoms with Crippen LogP contribution in [0.1, 0.15) is 49.7 Å². The first-order valence-electron chi connectivity index (χ1n) is 5.55. The van der Waals surface area contributed by atoms with Crippen molar-refractivity contribution < 1.29 is 0 Å². The van der Waals surface area contributed by atoms with Crippen molar-refractivity contribution in [1.29, 1.82) is 0 Å². The molecule has 2 rings (SSSR count). The van der Waals surface area contributed by atoms with Crippen LogP contribution in [0, 0.1) is 6.92 Å². The van der Waals surface area contributed by atoms with Crippen molar-refractivity contribution in [3.63, 3.8) is 0 Å². The summed E-state index contributed by atoms with van der Waals surface area (Å²) in [5.41, 5.74) is 2.28. The van der Waals surface area contributed by atoms with E-state index in [1.807, 2.05) is 13.1 Å². The third-order valence-corrected chi connectivity index (χ3v) is 3.76. The summed E-state index contributed by atoms with van der Waals surface area (Å²) < 4.78 is 0. The van der Waals surface area contributed by atoms with Gasteiger partial charge in [-0.2, -0.15) is 0 Å². The van der Waals surface area contributed by atoms with Crippen LogP contribution in [-0.4, -0.2) is 9.97 Å². The van der Waals surface area contributed by atoms with E-state index in [1.54, 1.807) is 0 Å². The van der Waals surface area contributed by atoms with Crippen molar-refractivity contribution in [3.8, 4) is 0 Å². The molecule has 82 valence electrons. The molecule has 1 heterocycles. The van der Waals surface area contributed by atoms with Gasteiger partial charge in [0.1, 0.15) is 5.82 Å². The third kappa shape index (κ3) is 2.00. The fourth-order valence-corrected chi connectivity index (χ4v) is 2.56. The van der Waals surface area contributed by atoms with Crippen molar-refractivity contribution in [3.05, 3.63) is 23.3 Å². The normalized spacial score (nSPS) is 19.4. The molecule has 2 nitrogen and oxygen atoms in total. The van der Waals surface area contributed by atoms with Gasteiger partial charge in [0.05, 0.1) is 5.88 Å². The zero-order valence-corrected chi connectivity index (χ0v) is 10.1. The van der Waals surface area contributed by atoms with E-state index in [0.717, 1.165) is 17.1 Å². The first-order valence-corrected chi connectivity index (χ1v) is 6.08. The second kappa shape index (κ2) is 4.09. The molecule has 1 aromatic rings. The van der Waals surface area contributed by atoms with Gasteiger partial charge in [0.15, 0.2) is 0 Å². The van der Waals surface area contributed by atoms with E-state index in [4.69, 9.17) is 11.6 Å². The Bertz CT molecular complexity index is 357. The largest absolute Gasteiger partial charge is 0.240 e. The van der Waals surface area contributed by atoms with Gasteiger partial charge in [-0.15, -0.1) is 11.6 Å². The molecular formula is C12H17ClN2. The molecule has 0 unspecified atom stereocenters. The van der Waals surface area contributed by atoms with Crippen LogP contribution in [-0.2, 0) is 11.3 Å².